The van der Waals surface area contributed by atoms with Gasteiger partial charge in [0.1, 0.15) is 6.10 Å². The molecule has 2 rings (SSSR count). The molecule has 1 aliphatic rings. The van der Waals surface area contributed by atoms with Gasteiger partial charge in [0.25, 0.3) is 5.91 Å². The Morgan fingerprint density at radius 3 is 2.82 bits per heavy atom. The number of carbonyl (C=O) groups is 1. The fourth-order valence-corrected chi connectivity index (χ4v) is 3.09. The van der Waals surface area contributed by atoms with Crippen LogP contribution in [-0.4, -0.2) is 68.1 Å². The van der Waals surface area contributed by atoms with Gasteiger partial charge in [0.15, 0.2) is 0 Å². The second-order valence-corrected chi connectivity index (χ2v) is 6.81. The molecule has 3 unspecified atom stereocenters. The minimum Gasteiger partial charge on any atom is -0.383 e. The highest BCUT2D eigenvalue weighted by Crippen LogP contribution is 2.32. The number of amides is 1. The lowest BCUT2D eigenvalue weighted by Gasteiger charge is -2.32. The zero-order valence-corrected chi connectivity index (χ0v) is 16.0. The molecule has 1 amide bonds. The number of rotatable bonds is 9. The van der Waals surface area contributed by atoms with E-state index in [0.717, 1.165) is 18.6 Å². The van der Waals surface area contributed by atoms with Crippen LogP contribution >= 0.6 is 0 Å². The van der Waals surface area contributed by atoms with Crippen LogP contribution in [0.1, 0.15) is 30.5 Å². The molecule has 6 nitrogen and oxygen atoms in total. The number of carbonyl (C=O) groups excluding carboxylic acids is 1. The first-order chi connectivity index (χ1) is 13.2. The van der Waals surface area contributed by atoms with Crippen molar-refractivity contribution in [1.29, 1.82) is 0 Å². The van der Waals surface area contributed by atoms with Crippen molar-refractivity contribution in [1.82, 2.24) is 10.2 Å². The number of hydrogen-bond acceptors (Lipinski definition) is 5. The van der Waals surface area contributed by atoms with Crippen LogP contribution in [-0.2, 0) is 20.4 Å². The van der Waals surface area contributed by atoms with Gasteiger partial charge >= 0.3 is 6.18 Å². The van der Waals surface area contributed by atoms with Crippen LogP contribution in [0.25, 0.3) is 0 Å². The van der Waals surface area contributed by atoms with Crippen LogP contribution < -0.4 is 5.32 Å². The molecule has 1 aromatic rings. The molecule has 28 heavy (non-hydrogen) atoms. The van der Waals surface area contributed by atoms with Gasteiger partial charge in [-0.2, -0.15) is 13.2 Å². The molecule has 1 saturated heterocycles. The third-order valence-corrected chi connectivity index (χ3v) is 4.80. The summed E-state index contributed by atoms with van der Waals surface area (Å²) in [5.74, 6) is -0.562. The summed E-state index contributed by atoms with van der Waals surface area (Å²) >= 11 is 0. The Morgan fingerprint density at radius 1 is 1.46 bits per heavy atom. The van der Waals surface area contributed by atoms with Gasteiger partial charge in [-0.05, 0) is 31.0 Å². The Hall–Kier alpha value is -1.68. The van der Waals surface area contributed by atoms with Crippen LogP contribution in [0.2, 0.25) is 0 Å². The van der Waals surface area contributed by atoms with Crippen molar-refractivity contribution < 1.29 is 32.5 Å². The lowest BCUT2D eigenvalue weighted by Crippen LogP contribution is -2.47. The molecule has 3 atom stereocenters. The second kappa shape index (κ2) is 10.2. The highest BCUT2D eigenvalue weighted by atomic mass is 19.4. The van der Waals surface area contributed by atoms with E-state index in [9.17, 15) is 23.1 Å². The number of halogens is 3. The standard InChI is InChI=1S/C19H27F3N2O4/c1-13(14-4-3-5-15(10-14)19(20,21)22)24(7-9-27-2)18(26)17(25)11-23-16-6-8-28-12-16/h3-5,10,13,16-17,23,25H,6-9,11-12H2,1-2H3. The average Bonchev–Trinajstić information content (AvgIpc) is 3.19. The monoisotopic (exact) mass is 404 g/mol. The molecule has 1 heterocycles. The fourth-order valence-electron chi connectivity index (χ4n) is 3.09. The number of aliphatic hydroxyl groups is 1. The molecular formula is C19H27F3N2O4. The van der Waals surface area contributed by atoms with Gasteiger partial charge in [0, 0.05) is 32.8 Å². The largest absolute Gasteiger partial charge is 0.416 e. The third-order valence-electron chi connectivity index (χ3n) is 4.80. The zero-order valence-electron chi connectivity index (χ0n) is 16.0. The lowest BCUT2D eigenvalue weighted by molar-refractivity contribution is -0.143. The maximum atomic E-state index is 13.0. The van der Waals surface area contributed by atoms with E-state index in [1.54, 1.807) is 6.92 Å². The molecule has 0 aliphatic carbocycles. The molecular weight excluding hydrogens is 377 g/mol. The van der Waals surface area contributed by atoms with Crippen LogP contribution in [0.15, 0.2) is 24.3 Å². The van der Waals surface area contributed by atoms with E-state index in [1.165, 1.54) is 24.1 Å². The van der Waals surface area contributed by atoms with Crippen LogP contribution in [0.3, 0.4) is 0 Å². The average molecular weight is 404 g/mol. The van der Waals surface area contributed by atoms with Gasteiger partial charge in [0.05, 0.1) is 24.8 Å². The first-order valence-electron chi connectivity index (χ1n) is 9.19. The van der Waals surface area contributed by atoms with E-state index in [4.69, 9.17) is 9.47 Å². The third kappa shape index (κ3) is 6.16. The summed E-state index contributed by atoms with van der Waals surface area (Å²) < 4.78 is 49.3. The second-order valence-electron chi connectivity index (χ2n) is 6.81. The van der Waals surface area contributed by atoms with Gasteiger partial charge in [-0.15, -0.1) is 0 Å². The van der Waals surface area contributed by atoms with Crippen molar-refractivity contribution in [3.63, 3.8) is 0 Å². The summed E-state index contributed by atoms with van der Waals surface area (Å²) in [6, 6.07) is 4.28. The van der Waals surface area contributed by atoms with Crippen molar-refractivity contribution >= 4 is 5.91 Å². The molecule has 1 fully saturated rings. The number of methoxy groups -OCH3 is 1. The van der Waals surface area contributed by atoms with E-state index in [-0.39, 0.29) is 25.7 Å². The summed E-state index contributed by atoms with van der Waals surface area (Å²) in [7, 11) is 1.47. The van der Waals surface area contributed by atoms with E-state index < -0.39 is 29.8 Å². The smallest absolute Gasteiger partial charge is 0.383 e. The predicted molar refractivity (Wildman–Crippen MR) is 96.7 cm³/mol. The quantitative estimate of drug-likeness (QED) is 0.659. The van der Waals surface area contributed by atoms with Gasteiger partial charge in [-0.25, -0.2) is 0 Å². The van der Waals surface area contributed by atoms with Gasteiger partial charge in [-0.3, -0.25) is 4.79 Å². The van der Waals surface area contributed by atoms with Crippen molar-refractivity contribution in [3.05, 3.63) is 35.4 Å². The Morgan fingerprint density at radius 2 is 2.21 bits per heavy atom. The topological polar surface area (TPSA) is 71.0 Å². The number of nitrogens with one attached hydrogen (secondary N) is 1. The molecule has 0 saturated carbocycles. The number of nitrogens with zero attached hydrogens (tertiary/aromatic N) is 1. The number of alkyl halides is 3. The fraction of sp³-hybridized carbons (Fsp3) is 0.632. The van der Waals surface area contributed by atoms with Gasteiger partial charge in [0.2, 0.25) is 0 Å². The molecule has 9 heteroatoms. The number of benzene rings is 1. The number of hydrogen-bond donors (Lipinski definition) is 2. The maximum absolute atomic E-state index is 13.0. The molecule has 2 N–H and O–H groups in total. The Balaban J connectivity index is 2.11. The minimum absolute atomic E-state index is 0.0473. The van der Waals surface area contributed by atoms with E-state index in [0.29, 0.717) is 18.8 Å². The van der Waals surface area contributed by atoms with E-state index >= 15 is 0 Å². The predicted octanol–water partition coefficient (Wildman–Crippen LogP) is 1.98. The highest BCUT2D eigenvalue weighted by molar-refractivity contribution is 5.81. The van der Waals surface area contributed by atoms with Crippen molar-refractivity contribution in [3.8, 4) is 0 Å². The van der Waals surface area contributed by atoms with Crippen molar-refractivity contribution in [2.24, 2.45) is 0 Å². The van der Waals surface area contributed by atoms with Gasteiger partial charge in [-0.1, -0.05) is 12.1 Å². The number of aliphatic hydroxyl groups excluding tert-OH is 1. The minimum atomic E-state index is -4.47. The summed E-state index contributed by atoms with van der Waals surface area (Å²) in [5, 5.41) is 13.4. The molecule has 1 aliphatic heterocycles. The molecule has 158 valence electrons. The van der Waals surface area contributed by atoms with E-state index in [2.05, 4.69) is 5.32 Å². The molecule has 0 spiro atoms. The zero-order chi connectivity index (χ0) is 20.7. The van der Waals surface area contributed by atoms with Crippen LogP contribution in [0, 0.1) is 0 Å². The molecule has 1 aromatic carbocycles. The SMILES string of the molecule is COCCN(C(=O)C(O)CNC1CCOC1)C(C)c1cccc(C(F)(F)F)c1. The van der Waals surface area contributed by atoms with Crippen molar-refractivity contribution in [2.75, 3.05) is 40.0 Å². The first-order valence-corrected chi connectivity index (χ1v) is 9.19. The summed E-state index contributed by atoms with van der Waals surface area (Å²) in [6.07, 6.45) is -4.98. The molecule has 0 aromatic heterocycles. The van der Waals surface area contributed by atoms with E-state index in [1.807, 2.05) is 0 Å². The normalized spacial score (nSPS) is 19.4. The summed E-state index contributed by atoms with van der Waals surface area (Å²) in [5.41, 5.74) is -0.442. The summed E-state index contributed by atoms with van der Waals surface area (Å²) in [6.45, 7) is 3.19. The van der Waals surface area contributed by atoms with Crippen LogP contribution in [0.4, 0.5) is 13.2 Å². The Bertz CT molecular complexity index is 636. The highest BCUT2D eigenvalue weighted by Gasteiger charge is 2.32. The lowest BCUT2D eigenvalue weighted by atomic mass is 10.0. The summed E-state index contributed by atoms with van der Waals surface area (Å²) in [4.78, 5) is 14.1. The first kappa shape index (κ1) is 22.6. The molecule has 0 bridgehead atoms. The van der Waals surface area contributed by atoms with Crippen molar-refractivity contribution in [2.45, 2.75) is 37.7 Å². The van der Waals surface area contributed by atoms with Crippen LogP contribution in [0.5, 0.6) is 0 Å². The number of ether oxygens (including phenoxy) is 2. The Labute approximate surface area is 162 Å². The van der Waals surface area contributed by atoms with Gasteiger partial charge < -0.3 is 24.8 Å². The Kier molecular flexibility index (Phi) is 8.23. The maximum Gasteiger partial charge on any atom is 0.416 e. The molecule has 0 radical (unpaired) electrons.